The third-order valence-electron chi connectivity index (χ3n) is 2.77. The minimum atomic E-state index is -2.79. The van der Waals surface area contributed by atoms with Crippen molar-refractivity contribution in [1.29, 1.82) is 0 Å². The van der Waals surface area contributed by atoms with Crippen molar-refractivity contribution < 1.29 is 13.5 Å². The molecule has 1 fully saturated rings. The molecule has 1 saturated carbocycles. The first-order valence-corrected chi connectivity index (χ1v) is 4.86. The molecular formula is C11H13F2NO. The number of halogens is 2. The molecule has 0 spiro atoms. The van der Waals surface area contributed by atoms with E-state index in [1.165, 1.54) is 0 Å². The Kier molecular flexibility index (Phi) is 2.38. The predicted octanol–water partition coefficient (Wildman–Crippen LogP) is 2.54. The van der Waals surface area contributed by atoms with Gasteiger partial charge >= 0.3 is 6.61 Å². The number of aryl methyl sites for hydroxylation is 1. The summed E-state index contributed by atoms with van der Waals surface area (Å²) in [6.45, 7) is -1.05. The average molecular weight is 213 g/mol. The number of alkyl halides is 2. The summed E-state index contributed by atoms with van der Waals surface area (Å²) in [6.07, 6.45) is 1.81. The molecule has 1 aromatic carbocycles. The van der Waals surface area contributed by atoms with Crippen LogP contribution >= 0.6 is 0 Å². The third-order valence-corrected chi connectivity index (χ3v) is 2.77. The summed E-state index contributed by atoms with van der Waals surface area (Å²) in [6, 6.07) is 5.26. The van der Waals surface area contributed by atoms with E-state index in [9.17, 15) is 8.78 Å². The number of ether oxygens (including phenoxy) is 1. The van der Waals surface area contributed by atoms with Crippen molar-refractivity contribution in [2.75, 3.05) is 0 Å². The molecule has 0 unspecified atom stereocenters. The molecule has 0 heterocycles. The Hall–Kier alpha value is -1.16. The van der Waals surface area contributed by atoms with Crippen LogP contribution in [-0.2, 0) is 5.54 Å². The van der Waals surface area contributed by atoms with Crippen molar-refractivity contribution >= 4 is 0 Å². The molecule has 1 aliphatic carbocycles. The normalized spacial score (nSPS) is 17.9. The molecule has 0 saturated heterocycles. The highest BCUT2D eigenvalue weighted by Gasteiger charge is 2.40. The summed E-state index contributed by atoms with van der Waals surface area (Å²) in [4.78, 5) is 0. The van der Waals surface area contributed by atoms with Crippen LogP contribution in [0.2, 0.25) is 0 Å². The molecule has 15 heavy (non-hydrogen) atoms. The summed E-state index contributed by atoms with van der Waals surface area (Å²) < 4.78 is 28.6. The maximum absolute atomic E-state index is 12.1. The molecule has 1 aromatic rings. The number of hydrogen-bond acceptors (Lipinski definition) is 2. The number of benzene rings is 1. The summed E-state index contributed by atoms with van der Waals surface area (Å²) in [5.74, 6) is 0.222. The molecule has 2 nitrogen and oxygen atoms in total. The zero-order valence-electron chi connectivity index (χ0n) is 8.47. The molecule has 2 rings (SSSR count). The van der Waals surface area contributed by atoms with Crippen LogP contribution in [0, 0.1) is 6.92 Å². The molecule has 0 amide bonds. The van der Waals surface area contributed by atoms with Crippen LogP contribution in [0.25, 0.3) is 0 Å². The van der Waals surface area contributed by atoms with Gasteiger partial charge in [0.25, 0.3) is 0 Å². The standard InChI is InChI=1S/C11H13F2NO/c1-7-2-3-8(11(14)4-5-11)6-9(7)15-10(12)13/h2-3,6,10H,4-5,14H2,1H3. The van der Waals surface area contributed by atoms with E-state index in [1.54, 1.807) is 19.1 Å². The second-order valence-corrected chi connectivity index (χ2v) is 4.01. The van der Waals surface area contributed by atoms with Gasteiger partial charge in [-0.05, 0) is 37.0 Å². The minimum absolute atomic E-state index is 0.222. The number of hydrogen-bond donors (Lipinski definition) is 1. The van der Waals surface area contributed by atoms with Crippen molar-refractivity contribution in [3.8, 4) is 5.75 Å². The van der Waals surface area contributed by atoms with Gasteiger partial charge in [0, 0.05) is 5.54 Å². The molecule has 1 aliphatic rings. The Bertz CT molecular complexity index is 375. The van der Waals surface area contributed by atoms with Crippen LogP contribution in [0.5, 0.6) is 5.75 Å². The Labute approximate surface area is 87.0 Å². The third kappa shape index (κ3) is 2.09. The van der Waals surface area contributed by atoms with E-state index >= 15 is 0 Å². The molecule has 0 atom stereocenters. The van der Waals surface area contributed by atoms with Gasteiger partial charge in [-0.2, -0.15) is 8.78 Å². The molecule has 0 bridgehead atoms. The van der Waals surface area contributed by atoms with Crippen molar-refractivity contribution in [3.63, 3.8) is 0 Å². The van der Waals surface area contributed by atoms with E-state index < -0.39 is 6.61 Å². The Balaban J connectivity index is 2.28. The fourth-order valence-electron chi connectivity index (χ4n) is 1.56. The first-order chi connectivity index (χ1) is 7.01. The molecule has 82 valence electrons. The van der Waals surface area contributed by atoms with Crippen molar-refractivity contribution in [2.24, 2.45) is 5.73 Å². The topological polar surface area (TPSA) is 35.2 Å². The van der Waals surface area contributed by atoms with Gasteiger partial charge in [0.05, 0.1) is 0 Å². The van der Waals surface area contributed by atoms with E-state index in [1.807, 2.05) is 6.07 Å². The lowest BCUT2D eigenvalue weighted by atomic mass is 10.0. The molecule has 0 aromatic heterocycles. The summed E-state index contributed by atoms with van der Waals surface area (Å²) in [5.41, 5.74) is 7.24. The average Bonchev–Trinajstić information content (AvgIpc) is 2.88. The first kappa shape index (κ1) is 10.4. The van der Waals surface area contributed by atoms with Crippen molar-refractivity contribution in [2.45, 2.75) is 31.9 Å². The van der Waals surface area contributed by atoms with Crippen molar-refractivity contribution in [1.82, 2.24) is 0 Å². The maximum atomic E-state index is 12.1. The number of nitrogens with two attached hydrogens (primary N) is 1. The highest BCUT2D eigenvalue weighted by atomic mass is 19.3. The van der Waals surface area contributed by atoms with E-state index in [-0.39, 0.29) is 11.3 Å². The highest BCUT2D eigenvalue weighted by Crippen LogP contribution is 2.43. The zero-order valence-corrected chi connectivity index (χ0v) is 8.47. The quantitative estimate of drug-likeness (QED) is 0.837. The minimum Gasteiger partial charge on any atom is -0.435 e. The fourth-order valence-corrected chi connectivity index (χ4v) is 1.56. The van der Waals surface area contributed by atoms with Gasteiger partial charge in [0.1, 0.15) is 5.75 Å². The fraction of sp³-hybridized carbons (Fsp3) is 0.455. The van der Waals surface area contributed by atoms with Crippen molar-refractivity contribution in [3.05, 3.63) is 29.3 Å². The van der Waals surface area contributed by atoms with Crippen LogP contribution in [0.4, 0.5) is 8.78 Å². The van der Waals surface area contributed by atoms with E-state index in [0.29, 0.717) is 5.56 Å². The monoisotopic (exact) mass is 213 g/mol. The van der Waals surface area contributed by atoms with Gasteiger partial charge in [0.2, 0.25) is 0 Å². The lowest BCUT2D eigenvalue weighted by Crippen LogP contribution is -2.18. The second kappa shape index (κ2) is 3.45. The lowest BCUT2D eigenvalue weighted by molar-refractivity contribution is -0.0503. The van der Waals surface area contributed by atoms with E-state index in [4.69, 9.17) is 5.73 Å². The molecule has 4 heteroatoms. The predicted molar refractivity (Wildman–Crippen MR) is 52.9 cm³/mol. The van der Waals surface area contributed by atoms with Gasteiger partial charge in [-0.25, -0.2) is 0 Å². The lowest BCUT2D eigenvalue weighted by Gasteiger charge is -2.13. The summed E-state index contributed by atoms with van der Waals surface area (Å²) in [5, 5.41) is 0. The Morgan fingerprint density at radius 3 is 2.60 bits per heavy atom. The van der Waals surface area contributed by atoms with E-state index in [0.717, 1.165) is 18.4 Å². The molecule has 2 N–H and O–H groups in total. The molecule has 0 aliphatic heterocycles. The smallest absolute Gasteiger partial charge is 0.387 e. The molecule has 0 radical (unpaired) electrons. The van der Waals surface area contributed by atoms with Gasteiger partial charge < -0.3 is 10.5 Å². The van der Waals surface area contributed by atoms with Crippen LogP contribution < -0.4 is 10.5 Å². The zero-order chi connectivity index (χ0) is 11.1. The van der Waals surface area contributed by atoms with E-state index in [2.05, 4.69) is 4.74 Å². The summed E-state index contributed by atoms with van der Waals surface area (Å²) in [7, 11) is 0. The van der Waals surface area contributed by atoms with Gasteiger partial charge in [0.15, 0.2) is 0 Å². The maximum Gasteiger partial charge on any atom is 0.387 e. The van der Waals surface area contributed by atoms with Crippen LogP contribution in [0.3, 0.4) is 0 Å². The van der Waals surface area contributed by atoms with Crippen LogP contribution in [0.1, 0.15) is 24.0 Å². The van der Waals surface area contributed by atoms with Crippen LogP contribution in [-0.4, -0.2) is 6.61 Å². The first-order valence-electron chi connectivity index (χ1n) is 4.86. The largest absolute Gasteiger partial charge is 0.435 e. The number of rotatable bonds is 3. The van der Waals surface area contributed by atoms with Crippen LogP contribution in [0.15, 0.2) is 18.2 Å². The second-order valence-electron chi connectivity index (χ2n) is 4.01. The SMILES string of the molecule is Cc1ccc(C2(N)CC2)cc1OC(F)F. The highest BCUT2D eigenvalue weighted by molar-refractivity contribution is 5.41. The Morgan fingerprint density at radius 1 is 1.40 bits per heavy atom. The summed E-state index contributed by atoms with van der Waals surface area (Å²) >= 11 is 0. The molecular weight excluding hydrogens is 200 g/mol. The van der Waals surface area contributed by atoms with Gasteiger partial charge in [-0.1, -0.05) is 12.1 Å². The van der Waals surface area contributed by atoms with Gasteiger partial charge in [-0.15, -0.1) is 0 Å². The Morgan fingerprint density at radius 2 is 2.07 bits per heavy atom. The van der Waals surface area contributed by atoms with Gasteiger partial charge in [-0.3, -0.25) is 0 Å².